The van der Waals surface area contributed by atoms with Crippen LogP contribution in [0.5, 0.6) is 5.75 Å². The van der Waals surface area contributed by atoms with Crippen LogP contribution >= 0.6 is 0 Å². The highest BCUT2D eigenvalue weighted by Gasteiger charge is 2.25. The Balaban J connectivity index is 1.62. The number of hydrogen-bond donors (Lipinski definition) is 2. The highest BCUT2D eigenvalue weighted by atomic mass is 16.6. The van der Waals surface area contributed by atoms with Crippen molar-refractivity contribution in [1.82, 2.24) is 30.7 Å². The number of rotatable bonds is 8. The number of carbonyl (C=O) groups is 1. The zero-order valence-corrected chi connectivity index (χ0v) is 17.9. The average molecular weight is 447 g/mol. The maximum Gasteiger partial charge on any atom is 0.293 e. The number of anilines is 2. The number of ether oxygens (including phenoxy) is 1. The van der Waals surface area contributed by atoms with Gasteiger partial charge in [-0.25, -0.2) is 10.1 Å². The van der Waals surface area contributed by atoms with Crippen molar-refractivity contribution < 1.29 is 14.2 Å². The van der Waals surface area contributed by atoms with Gasteiger partial charge < -0.3 is 15.4 Å². The van der Waals surface area contributed by atoms with Crippen LogP contribution in [0.25, 0.3) is 5.82 Å². The molecule has 0 saturated carbocycles. The van der Waals surface area contributed by atoms with E-state index in [2.05, 4.69) is 35.8 Å². The van der Waals surface area contributed by atoms with Crippen LogP contribution in [0.4, 0.5) is 11.5 Å². The SMILES string of the molecule is COc1ccccc1C=NNC(=O)c1nnn(-c2nonc2N)c1CN(C)c1ccccc1. The van der Waals surface area contributed by atoms with Gasteiger partial charge in [0.25, 0.3) is 5.91 Å². The van der Waals surface area contributed by atoms with Crippen molar-refractivity contribution in [2.75, 3.05) is 24.8 Å². The van der Waals surface area contributed by atoms with Crippen LogP contribution in [0, 0.1) is 0 Å². The molecule has 0 aliphatic rings. The number of nitrogens with two attached hydrogens (primary N) is 1. The molecule has 2 aromatic heterocycles. The number of benzene rings is 2. The number of carbonyl (C=O) groups excluding carboxylic acids is 1. The number of para-hydroxylation sites is 2. The van der Waals surface area contributed by atoms with Crippen LogP contribution in [-0.2, 0) is 6.54 Å². The van der Waals surface area contributed by atoms with E-state index in [9.17, 15) is 4.79 Å². The Labute approximate surface area is 188 Å². The summed E-state index contributed by atoms with van der Waals surface area (Å²) in [7, 11) is 3.43. The Morgan fingerprint density at radius 3 is 2.70 bits per heavy atom. The van der Waals surface area contributed by atoms with E-state index in [1.54, 1.807) is 13.2 Å². The van der Waals surface area contributed by atoms with Gasteiger partial charge in [0.05, 0.1) is 25.6 Å². The highest BCUT2D eigenvalue weighted by Crippen LogP contribution is 2.20. The number of nitrogens with zero attached hydrogens (tertiary/aromatic N) is 7. The minimum atomic E-state index is -0.557. The van der Waals surface area contributed by atoms with Gasteiger partial charge in [-0.15, -0.1) is 5.10 Å². The first-order valence-electron chi connectivity index (χ1n) is 9.84. The maximum atomic E-state index is 12.9. The first-order valence-corrected chi connectivity index (χ1v) is 9.84. The Bertz CT molecular complexity index is 1270. The van der Waals surface area contributed by atoms with Crippen molar-refractivity contribution >= 4 is 23.6 Å². The molecule has 3 N–H and O–H groups in total. The summed E-state index contributed by atoms with van der Waals surface area (Å²) in [5, 5.41) is 19.5. The summed E-state index contributed by atoms with van der Waals surface area (Å²) < 4.78 is 11.3. The zero-order valence-electron chi connectivity index (χ0n) is 17.9. The fraction of sp³-hybridized carbons (Fsp3) is 0.143. The van der Waals surface area contributed by atoms with Crippen molar-refractivity contribution in [2.24, 2.45) is 5.10 Å². The van der Waals surface area contributed by atoms with Gasteiger partial charge in [0.2, 0.25) is 11.6 Å². The Kier molecular flexibility index (Phi) is 6.25. The summed E-state index contributed by atoms with van der Waals surface area (Å²) in [6.45, 7) is 0.266. The summed E-state index contributed by atoms with van der Waals surface area (Å²) >= 11 is 0. The predicted molar refractivity (Wildman–Crippen MR) is 120 cm³/mol. The van der Waals surface area contributed by atoms with Gasteiger partial charge >= 0.3 is 0 Å². The molecule has 12 heteroatoms. The van der Waals surface area contributed by atoms with E-state index in [0.29, 0.717) is 17.0 Å². The van der Waals surface area contributed by atoms with E-state index < -0.39 is 5.91 Å². The number of hydrogen-bond acceptors (Lipinski definition) is 10. The van der Waals surface area contributed by atoms with Gasteiger partial charge in [-0.3, -0.25) is 4.79 Å². The van der Waals surface area contributed by atoms with E-state index in [0.717, 1.165) is 5.69 Å². The molecule has 0 radical (unpaired) electrons. The van der Waals surface area contributed by atoms with Gasteiger partial charge in [-0.05, 0) is 34.6 Å². The summed E-state index contributed by atoms with van der Waals surface area (Å²) in [4.78, 5) is 14.8. The second-order valence-corrected chi connectivity index (χ2v) is 6.90. The summed E-state index contributed by atoms with van der Waals surface area (Å²) in [5.74, 6) is 0.222. The van der Waals surface area contributed by atoms with Crippen LogP contribution in [0.2, 0.25) is 0 Å². The smallest absolute Gasteiger partial charge is 0.293 e. The fourth-order valence-corrected chi connectivity index (χ4v) is 3.11. The summed E-state index contributed by atoms with van der Waals surface area (Å²) in [6.07, 6.45) is 1.48. The molecule has 0 aliphatic heterocycles. The number of methoxy groups -OCH3 is 1. The maximum absolute atomic E-state index is 12.9. The molecule has 2 aromatic carbocycles. The molecule has 168 valence electrons. The van der Waals surface area contributed by atoms with Crippen molar-refractivity contribution in [3.63, 3.8) is 0 Å². The number of nitrogens with one attached hydrogen (secondary N) is 1. The molecule has 0 spiro atoms. The van der Waals surface area contributed by atoms with Crippen LogP contribution in [0.1, 0.15) is 21.7 Å². The first kappa shape index (κ1) is 21.5. The van der Waals surface area contributed by atoms with Crippen LogP contribution < -0.4 is 20.8 Å². The molecular formula is C21H21N9O3. The molecule has 4 aromatic rings. The Morgan fingerprint density at radius 1 is 1.21 bits per heavy atom. The molecule has 0 atom stereocenters. The van der Waals surface area contributed by atoms with E-state index in [1.807, 2.05) is 60.5 Å². The number of hydrazone groups is 1. The largest absolute Gasteiger partial charge is 0.496 e. The molecule has 4 rings (SSSR count). The van der Waals surface area contributed by atoms with Gasteiger partial charge in [-0.2, -0.15) is 9.78 Å². The molecule has 0 aliphatic carbocycles. The van der Waals surface area contributed by atoms with Crippen molar-refractivity contribution in [3.8, 4) is 11.6 Å². The molecule has 12 nitrogen and oxygen atoms in total. The number of aromatic nitrogens is 5. The molecule has 0 bridgehead atoms. The standard InChI is InChI=1S/C21H21N9O3/c1-29(15-9-4-3-5-10-15)13-16-18(24-28-30(16)20-19(22)26-33-27-20)21(31)25-23-12-14-8-6-7-11-17(14)32-2/h3-12H,13H2,1-2H3,(H2,22,26)(H,25,31). The third-order valence-corrected chi connectivity index (χ3v) is 4.77. The van der Waals surface area contributed by atoms with Crippen LogP contribution in [0.15, 0.2) is 64.3 Å². The lowest BCUT2D eigenvalue weighted by atomic mass is 10.2. The number of nitrogen functional groups attached to an aromatic ring is 1. The second-order valence-electron chi connectivity index (χ2n) is 6.90. The van der Waals surface area contributed by atoms with Gasteiger partial charge in [-0.1, -0.05) is 35.5 Å². The van der Waals surface area contributed by atoms with Gasteiger partial charge in [0.1, 0.15) is 5.75 Å². The fourth-order valence-electron chi connectivity index (χ4n) is 3.11. The summed E-state index contributed by atoms with van der Waals surface area (Å²) in [6, 6.07) is 16.9. The predicted octanol–water partition coefficient (Wildman–Crippen LogP) is 1.64. The molecule has 33 heavy (non-hydrogen) atoms. The van der Waals surface area contributed by atoms with E-state index in [1.165, 1.54) is 10.9 Å². The molecule has 0 unspecified atom stereocenters. The molecule has 0 fully saturated rings. The minimum absolute atomic E-state index is 0.0182. The normalized spacial score (nSPS) is 11.0. The van der Waals surface area contributed by atoms with Gasteiger partial charge in [0, 0.05) is 18.3 Å². The third kappa shape index (κ3) is 4.63. The van der Waals surface area contributed by atoms with E-state index >= 15 is 0 Å². The monoisotopic (exact) mass is 447 g/mol. The summed E-state index contributed by atoms with van der Waals surface area (Å²) in [5.41, 5.74) is 10.4. The minimum Gasteiger partial charge on any atom is -0.496 e. The molecule has 1 amide bonds. The number of amides is 1. The first-order chi connectivity index (χ1) is 16.1. The Hall–Kier alpha value is -4.74. The third-order valence-electron chi connectivity index (χ3n) is 4.77. The zero-order chi connectivity index (χ0) is 23.2. The lowest BCUT2D eigenvalue weighted by Gasteiger charge is -2.19. The molecular weight excluding hydrogens is 426 g/mol. The van der Waals surface area contributed by atoms with Crippen LogP contribution in [0.3, 0.4) is 0 Å². The van der Waals surface area contributed by atoms with E-state index in [-0.39, 0.29) is 23.9 Å². The lowest BCUT2D eigenvalue weighted by Crippen LogP contribution is -2.24. The van der Waals surface area contributed by atoms with Crippen molar-refractivity contribution in [3.05, 3.63) is 71.5 Å². The van der Waals surface area contributed by atoms with Crippen LogP contribution in [-0.4, -0.2) is 51.6 Å². The molecule has 0 saturated heterocycles. The quantitative estimate of drug-likeness (QED) is 0.303. The highest BCUT2D eigenvalue weighted by molar-refractivity contribution is 5.94. The van der Waals surface area contributed by atoms with E-state index in [4.69, 9.17) is 10.5 Å². The van der Waals surface area contributed by atoms with Crippen molar-refractivity contribution in [1.29, 1.82) is 0 Å². The van der Waals surface area contributed by atoms with Gasteiger partial charge in [0.15, 0.2) is 5.69 Å². The average Bonchev–Trinajstić information content (AvgIpc) is 3.45. The van der Waals surface area contributed by atoms with Crippen molar-refractivity contribution in [2.45, 2.75) is 6.54 Å². The topological polar surface area (TPSA) is 150 Å². The molecule has 2 heterocycles. The lowest BCUT2D eigenvalue weighted by molar-refractivity contribution is 0.0949. The second kappa shape index (κ2) is 9.60. The Morgan fingerprint density at radius 2 is 1.97 bits per heavy atom.